The average Bonchev–Trinajstić information content (AvgIpc) is 3.16. The Kier molecular flexibility index (Phi) is 8.19. The number of aryl methyl sites for hydroxylation is 1. The summed E-state index contributed by atoms with van der Waals surface area (Å²) in [6.45, 7) is 3.48. The molecule has 4 aromatic rings. The molecule has 38 heavy (non-hydrogen) atoms. The molecule has 1 heterocycles. The van der Waals surface area contributed by atoms with Gasteiger partial charge < -0.3 is 9.30 Å². The Morgan fingerprint density at radius 3 is 2.26 bits per heavy atom. The number of hydrogen-bond donors (Lipinski definition) is 1. The standard InChI is InChI=1S/C28H27ClN4O4S/c1-20-17-22(21(2)33(20)25-11-9-23(29)10-12-25)18-30-31-28(34)19-32(38(3,35)36)24-13-15-27(16-14-24)37-26-7-5-4-6-8-26/h4-18H,19H2,1-3H3,(H,31,34)/b30-18-. The van der Waals surface area contributed by atoms with Crippen LogP contribution in [0.4, 0.5) is 5.69 Å². The van der Waals surface area contributed by atoms with Gasteiger partial charge in [-0.2, -0.15) is 5.10 Å². The van der Waals surface area contributed by atoms with E-state index in [2.05, 4.69) is 15.1 Å². The molecule has 0 radical (unpaired) electrons. The number of carbonyl (C=O) groups is 1. The Labute approximate surface area is 227 Å². The summed E-state index contributed by atoms with van der Waals surface area (Å²) in [5.74, 6) is 0.618. The van der Waals surface area contributed by atoms with E-state index in [1.165, 1.54) is 6.21 Å². The third-order valence-corrected chi connectivity index (χ3v) is 7.13. The Morgan fingerprint density at radius 1 is 1.00 bits per heavy atom. The van der Waals surface area contributed by atoms with E-state index >= 15 is 0 Å². The van der Waals surface area contributed by atoms with Crippen molar-refractivity contribution in [2.75, 3.05) is 17.1 Å². The second kappa shape index (κ2) is 11.5. The highest BCUT2D eigenvalue weighted by atomic mass is 35.5. The Hall–Kier alpha value is -4.08. The lowest BCUT2D eigenvalue weighted by Crippen LogP contribution is -2.39. The number of anilines is 1. The van der Waals surface area contributed by atoms with Crippen molar-refractivity contribution < 1.29 is 17.9 Å². The van der Waals surface area contributed by atoms with E-state index in [0.717, 1.165) is 33.2 Å². The highest BCUT2D eigenvalue weighted by Crippen LogP contribution is 2.25. The molecule has 0 aliphatic rings. The van der Waals surface area contributed by atoms with Gasteiger partial charge in [0, 0.05) is 27.7 Å². The summed E-state index contributed by atoms with van der Waals surface area (Å²) in [7, 11) is -3.74. The molecule has 196 valence electrons. The summed E-state index contributed by atoms with van der Waals surface area (Å²) in [4.78, 5) is 12.6. The summed E-state index contributed by atoms with van der Waals surface area (Å²) < 4.78 is 33.7. The molecule has 1 N–H and O–H groups in total. The zero-order chi connectivity index (χ0) is 27.3. The van der Waals surface area contributed by atoms with Gasteiger partial charge in [-0.1, -0.05) is 29.8 Å². The van der Waals surface area contributed by atoms with Crippen LogP contribution in [0, 0.1) is 13.8 Å². The normalized spacial score (nSPS) is 11.5. The first-order valence-corrected chi connectivity index (χ1v) is 13.9. The number of halogens is 1. The van der Waals surface area contributed by atoms with Gasteiger partial charge in [-0.05, 0) is 80.6 Å². The maximum atomic E-state index is 12.6. The largest absolute Gasteiger partial charge is 0.457 e. The molecule has 0 fully saturated rings. The number of benzene rings is 3. The number of aromatic nitrogens is 1. The van der Waals surface area contributed by atoms with Crippen molar-refractivity contribution in [2.45, 2.75) is 13.8 Å². The van der Waals surface area contributed by atoms with Crippen LogP contribution in [0.25, 0.3) is 5.69 Å². The summed E-state index contributed by atoms with van der Waals surface area (Å²) in [6.07, 6.45) is 2.58. The van der Waals surface area contributed by atoms with E-state index in [9.17, 15) is 13.2 Å². The molecule has 0 unspecified atom stereocenters. The minimum absolute atomic E-state index is 0.332. The molecule has 10 heteroatoms. The first kappa shape index (κ1) is 27.0. The van der Waals surface area contributed by atoms with E-state index in [-0.39, 0.29) is 0 Å². The van der Waals surface area contributed by atoms with Crippen LogP contribution < -0.4 is 14.5 Å². The lowest BCUT2D eigenvalue weighted by Gasteiger charge is -2.21. The first-order valence-electron chi connectivity index (χ1n) is 11.7. The van der Waals surface area contributed by atoms with Crippen molar-refractivity contribution in [3.63, 3.8) is 0 Å². The van der Waals surface area contributed by atoms with E-state index in [1.54, 1.807) is 24.3 Å². The zero-order valence-corrected chi connectivity index (χ0v) is 22.7. The number of hydrogen-bond acceptors (Lipinski definition) is 5. The number of para-hydroxylation sites is 1. The van der Waals surface area contributed by atoms with Crippen LogP contribution in [0.3, 0.4) is 0 Å². The fourth-order valence-corrected chi connectivity index (χ4v) is 4.93. The van der Waals surface area contributed by atoms with Crippen molar-refractivity contribution in [3.05, 3.63) is 107 Å². The van der Waals surface area contributed by atoms with Gasteiger partial charge in [0.25, 0.3) is 5.91 Å². The molecular weight excluding hydrogens is 524 g/mol. The van der Waals surface area contributed by atoms with Gasteiger partial charge in [0.15, 0.2) is 0 Å². The van der Waals surface area contributed by atoms with Crippen LogP contribution in [0.2, 0.25) is 5.02 Å². The molecule has 1 aromatic heterocycles. The lowest BCUT2D eigenvalue weighted by molar-refractivity contribution is -0.119. The van der Waals surface area contributed by atoms with Crippen LogP contribution in [-0.4, -0.2) is 37.9 Å². The van der Waals surface area contributed by atoms with Crippen molar-refractivity contribution in [3.8, 4) is 17.2 Å². The van der Waals surface area contributed by atoms with Gasteiger partial charge in [0.2, 0.25) is 10.0 Å². The van der Waals surface area contributed by atoms with E-state index in [4.69, 9.17) is 16.3 Å². The van der Waals surface area contributed by atoms with E-state index in [1.807, 2.05) is 74.5 Å². The minimum Gasteiger partial charge on any atom is -0.457 e. The number of ether oxygens (including phenoxy) is 1. The molecule has 1 amide bonds. The van der Waals surface area contributed by atoms with Crippen molar-refractivity contribution >= 4 is 39.4 Å². The van der Waals surface area contributed by atoms with Crippen LogP contribution in [0.15, 0.2) is 90.0 Å². The SMILES string of the molecule is Cc1cc(/C=N\NC(=O)CN(c2ccc(Oc3ccccc3)cc2)S(C)(=O)=O)c(C)n1-c1ccc(Cl)cc1. The van der Waals surface area contributed by atoms with Gasteiger partial charge in [-0.3, -0.25) is 9.10 Å². The fraction of sp³-hybridized carbons (Fsp3) is 0.143. The monoisotopic (exact) mass is 550 g/mol. The van der Waals surface area contributed by atoms with Gasteiger partial charge >= 0.3 is 0 Å². The molecule has 0 aliphatic carbocycles. The quantitative estimate of drug-likeness (QED) is 0.221. The number of nitrogens with one attached hydrogen (secondary N) is 1. The highest BCUT2D eigenvalue weighted by molar-refractivity contribution is 7.92. The van der Waals surface area contributed by atoms with Crippen molar-refractivity contribution in [1.82, 2.24) is 9.99 Å². The zero-order valence-electron chi connectivity index (χ0n) is 21.1. The van der Waals surface area contributed by atoms with Gasteiger partial charge in [0.05, 0.1) is 18.2 Å². The Morgan fingerprint density at radius 2 is 1.63 bits per heavy atom. The predicted octanol–water partition coefficient (Wildman–Crippen LogP) is 5.46. The van der Waals surface area contributed by atoms with Crippen LogP contribution in [0.5, 0.6) is 11.5 Å². The topological polar surface area (TPSA) is 93.0 Å². The second-order valence-electron chi connectivity index (χ2n) is 8.61. The minimum atomic E-state index is -3.74. The van der Waals surface area contributed by atoms with Crippen LogP contribution in [-0.2, 0) is 14.8 Å². The maximum absolute atomic E-state index is 12.6. The molecule has 0 bridgehead atoms. The van der Waals surface area contributed by atoms with Gasteiger partial charge in [-0.25, -0.2) is 13.8 Å². The third-order valence-electron chi connectivity index (χ3n) is 5.74. The predicted molar refractivity (Wildman–Crippen MR) is 151 cm³/mol. The van der Waals surface area contributed by atoms with Gasteiger partial charge in [0.1, 0.15) is 18.0 Å². The average molecular weight is 551 g/mol. The highest BCUT2D eigenvalue weighted by Gasteiger charge is 2.21. The summed E-state index contributed by atoms with van der Waals surface area (Å²) in [5.41, 5.74) is 6.44. The molecule has 4 rings (SSSR count). The number of nitrogens with zero attached hydrogens (tertiary/aromatic N) is 3. The van der Waals surface area contributed by atoms with Crippen LogP contribution in [0.1, 0.15) is 17.0 Å². The Bertz CT molecular complexity index is 1550. The fourth-order valence-electron chi connectivity index (χ4n) is 3.95. The molecule has 0 saturated heterocycles. The molecular formula is C28H27ClN4O4S. The van der Waals surface area contributed by atoms with E-state index < -0.39 is 22.5 Å². The van der Waals surface area contributed by atoms with Crippen molar-refractivity contribution in [2.24, 2.45) is 5.10 Å². The maximum Gasteiger partial charge on any atom is 0.260 e. The third kappa shape index (κ3) is 6.62. The molecule has 0 atom stereocenters. The first-order chi connectivity index (χ1) is 18.1. The summed E-state index contributed by atoms with van der Waals surface area (Å²) in [5, 5.41) is 4.71. The van der Waals surface area contributed by atoms with Gasteiger partial charge in [-0.15, -0.1) is 0 Å². The smallest absolute Gasteiger partial charge is 0.260 e. The molecule has 0 spiro atoms. The number of carbonyl (C=O) groups excluding carboxylic acids is 1. The molecule has 0 saturated carbocycles. The van der Waals surface area contributed by atoms with Crippen molar-refractivity contribution in [1.29, 1.82) is 0 Å². The van der Waals surface area contributed by atoms with E-state index in [0.29, 0.717) is 22.2 Å². The molecule has 3 aromatic carbocycles. The Balaban J connectivity index is 1.43. The summed E-state index contributed by atoms with van der Waals surface area (Å²) >= 11 is 6.00. The summed E-state index contributed by atoms with van der Waals surface area (Å²) in [6, 6.07) is 25.1. The molecule has 8 nitrogen and oxygen atoms in total. The number of sulfonamides is 1. The van der Waals surface area contributed by atoms with Crippen LogP contribution >= 0.6 is 11.6 Å². The second-order valence-corrected chi connectivity index (χ2v) is 11.0. The number of rotatable bonds is 9. The number of amides is 1. The lowest BCUT2D eigenvalue weighted by atomic mass is 10.2. The molecule has 0 aliphatic heterocycles. The number of hydrazone groups is 1.